The van der Waals surface area contributed by atoms with Crippen LogP contribution in [0.1, 0.15) is 16.8 Å². The molecule has 0 unspecified atom stereocenters. The zero-order chi connectivity index (χ0) is 13.8. The van der Waals surface area contributed by atoms with Gasteiger partial charge in [-0.2, -0.15) is 0 Å². The predicted octanol–water partition coefficient (Wildman–Crippen LogP) is 2.95. The molecule has 1 N–H and O–H groups in total. The summed E-state index contributed by atoms with van der Waals surface area (Å²) in [4.78, 5) is 9.06. The normalized spacial score (nSPS) is 10.5. The van der Waals surface area contributed by atoms with Crippen LogP contribution in [0.3, 0.4) is 0 Å². The van der Waals surface area contributed by atoms with Crippen molar-refractivity contribution < 1.29 is 4.74 Å². The standard InChI is InChI=1S/C15H19N3O/c1-10-5-11(2)7-12(6-10)15-17-13(9-19-4)8-14(16-3)18-15/h5-8H,9H2,1-4H3,(H,16,17,18). The van der Waals surface area contributed by atoms with E-state index in [1.165, 1.54) is 11.1 Å². The lowest BCUT2D eigenvalue weighted by Gasteiger charge is -2.09. The number of benzene rings is 1. The number of hydrogen-bond acceptors (Lipinski definition) is 4. The van der Waals surface area contributed by atoms with E-state index in [1.54, 1.807) is 7.11 Å². The zero-order valence-corrected chi connectivity index (χ0v) is 11.8. The van der Waals surface area contributed by atoms with Gasteiger partial charge in [0.05, 0.1) is 12.3 Å². The second-order valence-electron chi connectivity index (χ2n) is 4.63. The molecule has 4 nitrogen and oxygen atoms in total. The maximum Gasteiger partial charge on any atom is 0.161 e. The van der Waals surface area contributed by atoms with Crippen LogP contribution >= 0.6 is 0 Å². The summed E-state index contributed by atoms with van der Waals surface area (Å²) in [7, 11) is 3.52. The third kappa shape index (κ3) is 3.29. The van der Waals surface area contributed by atoms with Crippen LogP contribution in [0, 0.1) is 13.8 Å². The van der Waals surface area contributed by atoms with Gasteiger partial charge in [-0.3, -0.25) is 0 Å². The summed E-state index contributed by atoms with van der Waals surface area (Å²) in [5, 5.41) is 3.06. The molecule has 0 aliphatic heterocycles. The van der Waals surface area contributed by atoms with Crippen molar-refractivity contribution in [3.8, 4) is 11.4 Å². The molecular weight excluding hydrogens is 238 g/mol. The van der Waals surface area contributed by atoms with Gasteiger partial charge in [-0.15, -0.1) is 0 Å². The van der Waals surface area contributed by atoms with E-state index < -0.39 is 0 Å². The molecule has 2 aromatic rings. The molecule has 0 aliphatic carbocycles. The Kier molecular flexibility index (Phi) is 4.12. The average molecular weight is 257 g/mol. The smallest absolute Gasteiger partial charge is 0.161 e. The Morgan fingerprint density at radius 3 is 2.32 bits per heavy atom. The Labute approximate surface area is 113 Å². The second kappa shape index (κ2) is 5.80. The number of hydrogen-bond donors (Lipinski definition) is 1. The molecule has 0 radical (unpaired) electrons. The van der Waals surface area contributed by atoms with Crippen LogP contribution in [0.4, 0.5) is 5.82 Å². The minimum atomic E-state index is 0.481. The van der Waals surface area contributed by atoms with E-state index in [4.69, 9.17) is 4.74 Å². The van der Waals surface area contributed by atoms with E-state index in [2.05, 4.69) is 47.3 Å². The van der Waals surface area contributed by atoms with Crippen LogP contribution in [-0.4, -0.2) is 24.1 Å². The minimum absolute atomic E-state index is 0.481. The highest BCUT2D eigenvalue weighted by atomic mass is 16.5. The monoisotopic (exact) mass is 257 g/mol. The first-order chi connectivity index (χ1) is 9.12. The number of aromatic nitrogens is 2. The lowest BCUT2D eigenvalue weighted by atomic mass is 10.1. The maximum absolute atomic E-state index is 5.15. The Morgan fingerprint density at radius 1 is 1.05 bits per heavy atom. The van der Waals surface area contributed by atoms with Gasteiger partial charge in [0.25, 0.3) is 0 Å². The SMILES string of the molecule is CNc1cc(COC)nc(-c2cc(C)cc(C)c2)n1. The van der Waals surface area contributed by atoms with Crippen molar-refractivity contribution in [1.82, 2.24) is 9.97 Å². The van der Waals surface area contributed by atoms with E-state index in [9.17, 15) is 0 Å². The Morgan fingerprint density at radius 2 is 1.74 bits per heavy atom. The topological polar surface area (TPSA) is 47.0 Å². The molecule has 0 saturated carbocycles. The van der Waals surface area contributed by atoms with Crippen LogP contribution < -0.4 is 5.32 Å². The minimum Gasteiger partial charge on any atom is -0.378 e. The number of aryl methyl sites for hydroxylation is 2. The zero-order valence-electron chi connectivity index (χ0n) is 11.8. The van der Waals surface area contributed by atoms with E-state index in [-0.39, 0.29) is 0 Å². The van der Waals surface area contributed by atoms with Crippen LogP contribution in [0.5, 0.6) is 0 Å². The summed E-state index contributed by atoms with van der Waals surface area (Å²) in [6.07, 6.45) is 0. The fourth-order valence-electron chi connectivity index (χ4n) is 2.08. The summed E-state index contributed by atoms with van der Waals surface area (Å²) in [5.41, 5.74) is 4.33. The van der Waals surface area contributed by atoms with Crippen molar-refractivity contribution in [3.63, 3.8) is 0 Å². The van der Waals surface area contributed by atoms with Gasteiger partial charge in [0.2, 0.25) is 0 Å². The van der Waals surface area contributed by atoms with Crippen molar-refractivity contribution >= 4 is 5.82 Å². The van der Waals surface area contributed by atoms with Gasteiger partial charge < -0.3 is 10.1 Å². The fraction of sp³-hybridized carbons (Fsp3) is 0.333. The quantitative estimate of drug-likeness (QED) is 0.914. The number of methoxy groups -OCH3 is 1. The molecule has 2 rings (SSSR count). The summed E-state index contributed by atoms with van der Waals surface area (Å²) >= 11 is 0. The van der Waals surface area contributed by atoms with Crippen LogP contribution in [0.25, 0.3) is 11.4 Å². The summed E-state index contributed by atoms with van der Waals surface area (Å²) in [5.74, 6) is 1.53. The third-order valence-corrected chi connectivity index (χ3v) is 2.81. The van der Waals surface area contributed by atoms with Gasteiger partial charge in [-0.25, -0.2) is 9.97 Å². The lowest BCUT2D eigenvalue weighted by Crippen LogP contribution is -2.02. The molecular formula is C15H19N3O. The van der Waals surface area contributed by atoms with Crippen molar-refractivity contribution in [1.29, 1.82) is 0 Å². The van der Waals surface area contributed by atoms with Gasteiger partial charge in [-0.1, -0.05) is 17.2 Å². The molecule has 4 heteroatoms. The Balaban J connectivity index is 2.50. The van der Waals surface area contributed by atoms with Crippen LogP contribution in [0.15, 0.2) is 24.3 Å². The molecule has 1 heterocycles. The van der Waals surface area contributed by atoms with Crippen LogP contribution in [-0.2, 0) is 11.3 Å². The Bertz CT molecular complexity index is 561. The highest BCUT2D eigenvalue weighted by Crippen LogP contribution is 2.21. The van der Waals surface area contributed by atoms with Crippen molar-refractivity contribution in [3.05, 3.63) is 41.1 Å². The molecule has 100 valence electrons. The maximum atomic E-state index is 5.15. The van der Waals surface area contributed by atoms with Crippen molar-refractivity contribution in [2.24, 2.45) is 0 Å². The molecule has 0 bridgehead atoms. The number of ether oxygens (including phenoxy) is 1. The lowest BCUT2D eigenvalue weighted by molar-refractivity contribution is 0.181. The van der Waals surface area contributed by atoms with Gasteiger partial charge in [0, 0.05) is 25.8 Å². The molecule has 1 aromatic heterocycles. The molecule has 0 aliphatic rings. The number of rotatable bonds is 4. The predicted molar refractivity (Wildman–Crippen MR) is 77.2 cm³/mol. The third-order valence-electron chi connectivity index (χ3n) is 2.81. The molecule has 0 fully saturated rings. The second-order valence-corrected chi connectivity index (χ2v) is 4.63. The largest absolute Gasteiger partial charge is 0.378 e. The van der Waals surface area contributed by atoms with E-state index in [0.717, 1.165) is 22.9 Å². The summed E-state index contributed by atoms with van der Waals surface area (Å²) in [6.45, 7) is 4.64. The molecule has 1 aromatic carbocycles. The summed E-state index contributed by atoms with van der Waals surface area (Å²) in [6, 6.07) is 8.23. The van der Waals surface area contributed by atoms with Gasteiger partial charge in [0.1, 0.15) is 5.82 Å². The van der Waals surface area contributed by atoms with Crippen molar-refractivity contribution in [2.75, 3.05) is 19.5 Å². The molecule has 0 saturated heterocycles. The first-order valence-corrected chi connectivity index (χ1v) is 6.25. The average Bonchev–Trinajstić information content (AvgIpc) is 2.37. The first-order valence-electron chi connectivity index (χ1n) is 6.25. The van der Waals surface area contributed by atoms with E-state index in [0.29, 0.717) is 6.61 Å². The van der Waals surface area contributed by atoms with Crippen molar-refractivity contribution in [2.45, 2.75) is 20.5 Å². The van der Waals surface area contributed by atoms with Gasteiger partial charge in [0.15, 0.2) is 5.82 Å². The Hall–Kier alpha value is -1.94. The first kappa shape index (κ1) is 13.5. The highest BCUT2D eigenvalue weighted by molar-refractivity contribution is 5.59. The summed E-state index contributed by atoms with van der Waals surface area (Å²) < 4.78 is 5.15. The van der Waals surface area contributed by atoms with E-state index >= 15 is 0 Å². The molecule has 0 amide bonds. The number of nitrogens with one attached hydrogen (secondary N) is 1. The van der Waals surface area contributed by atoms with Gasteiger partial charge in [-0.05, 0) is 26.0 Å². The number of nitrogens with zero attached hydrogens (tertiary/aromatic N) is 2. The fourth-order valence-corrected chi connectivity index (χ4v) is 2.08. The molecule has 0 spiro atoms. The van der Waals surface area contributed by atoms with Gasteiger partial charge >= 0.3 is 0 Å². The van der Waals surface area contributed by atoms with Crippen LogP contribution in [0.2, 0.25) is 0 Å². The highest BCUT2D eigenvalue weighted by Gasteiger charge is 2.07. The number of anilines is 1. The molecule has 19 heavy (non-hydrogen) atoms. The van der Waals surface area contributed by atoms with E-state index in [1.807, 2.05) is 13.1 Å². The molecule has 0 atom stereocenters.